The molecule has 0 aliphatic heterocycles. The molecule has 0 saturated carbocycles. The Labute approximate surface area is 148 Å². The van der Waals surface area contributed by atoms with Crippen LogP contribution in [0.4, 0.5) is 0 Å². The van der Waals surface area contributed by atoms with Gasteiger partial charge in [0.25, 0.3) is 5.56 Å². The number of nitrogens with zero attached hydrogens (tertiary/aromatic N) is 5. The van der Waals surface area contributed by atoms with E-state index >= 15 is 0 Å². The maximum absolute atomic E-state index is 12.5. The van der Waals surface area contributed by atoms with Gasteiger partial charge in [-0.25, -0.2) is 9.78 Å². The highest BCUT2D eigenvalue weighted by Gasteiger charge is 2.19. The first-order valence-electron chi connectivity index (χ1n) is 8.05. The topological polar surface area (TPSA) is 65.1 Å². The lowest BCUT2D eigenvalue weighted by atomic mass is 10.2. The van der Waals surface area contributed by atoms with Crippen molar-refractivity contribution in [2.45, 2.75) is 53.2 Å². The van der Waals surface area contributed by atoms with Crippen molar-refractivity contribution >= 4 is 23.6 Å². The second-order valence-corrected chi connectivity index (χ2v) is 6.61. The Morgan fingerprint density at radius 3 is 2.08 bits per heavy atom. The van der Waals surface area contributed by atoms with Gasteiger partial charge in [0.05, 0.1) is 0 Å². The number of fused-ring (bicyclic) bond motifs is 1. The summed E-state index contributed by atoms with van der Waals surface area (Å²) in [7, 11) is 3.15. The van der Waals surface area contributed by atoms with Crippen molar-refractivity contribution in [2.75, 3.05) is 6.54 Å². The molecule has 2 rings (SSSR count). The van der Waals surface area contributed by atoms with Crippen LogP contribution in [0.2, 0.25) is 0 Å². The fraction of sp³-hybridized carbons (Fsp3) is 0.688. The van der Waals surface area contributed by atoms with Crippen LogP contribution in [0.25, 0.3) is 11.2 Å². The highest BCUT2D eigenvalue weighted by atomic mass is 35.5. The minimum absolute atomic E-state index is 0. The van der Waals surface area contributed by atoms with Gasteiger partial charge < -0.3 is 4.57 Å². The quantitative estimate of drug-likeness (QED) is 0.808. The van der Waals surface area contributed by atoms with E-state index in [1.807, 2.05) is 11.5 Å². The predicted octanol–water partition coefficient (Wildman–Crippen LogP) is 1.28. The second kappa shape index (κ2) is 7.53. The first kappa shape index (κ1) is 20.4. The van der Waals surface area contributed by atoms with Crippen LogP contribution in [-0.2, 0) is 20.6 Å². The van der Waals surface area contributed by atoms with Gasteiger partial charge >= 0.3 is 5.69 Å². The van der Waals surface area contributed by atoms with Gasteiger partial charge in [-0.05, 0) is 34.6 Å². The molecule has 0 N–H and O–H groups in total. The molecule has 0 aliphatic rings. The molecular weight excluding hydrogens is 330 g/mol. The van der Waals surface area contributed by atoms with E-state index < -0.39 is 0 Å². The monoisotopic (exact) mass is 357 g/mol. The van der Waals surface area contributed by atoms with Crippen molar-refractivity contribution in [3.63, 3.8) is 0 Å². The van der Waals surface area contributed by atoms with E-state index in [9.17, 15) is 9.59 Å². The lowest BCUT2D eigenvalue weighted by Crippen LogP contribution is -2.40. The summed E-state index contributed by atoms with van der Waals surface area (Å²) in [6.45, 7) is 12.0. The van der Waals surface area contributed by atoms with Crippen LogP contribution in [0.1, 0.15) is 33.5 Å². The maximum atomic E-state index is 12.5. The third-order valence-corrected chi connectivity index (χ3v) is 4.45. The van der Waals surface area contributed by atoms with Crippen molar-refractivity contribution < 1.29 is 0 Å². The molecule has 2 aromatic heterocycles. The summed E-state index contributed by atoms with van der Waals surface area (Å²) >= 11 is 0. The Morgan fingerprint density at radius 2 is 1.58 bits per heavy atom. The minimum atomic E-state index is -0.349. The number of aryl methyl sites for hydroxylation is 2. The fourth-order valence-corrected chi connectivity index (χ4v) is 3.16. The van der Waals surface area contributed by atoms with Crippen molar-refractivity contribution in [3.8, 4) is 0 Å². The van der Waals surface area contributed by atoms with E-state index in [0.717, 1.165) is 16.9 Å². The number of imidazole rings is 1. The van der Waals surface area contributed by atoms with Crippen LogP contribution < -0.4 is 11.2 Å². The van der Waals surface area contributed by atoms with Gasteiger partial charge in [0, 0.05) is 39.3 Å². The average Bonchev–Trinajstić information content (AvgIpc) is 2.79. The first-order valence-corrected chi connectivity index (χ1v) is 8.05. The molecule has 0 aliphatic carbocycles. The van der Waals surface area contributed by atoms with Crippen LogP contribution in [0, 0.1) is 6.92 Å². The number of rotatable bonds is 5. The van der Waals surface area contributed by atoms with Crippen LogP contribution in [0.3, 0.4) is 0 Å². The summed E-state index contributed by atoms with van der Waals surface area (Å²) in [5, 5.41) is 0. The largest absolute Gasteiger partial charge is 0.332 e. The van der Waals surface area contributed by atoms with Gasteiger partial charge in [0.2, 0.25) is 0 Å². The molecule has 0 atom stereocenters. The molecule has 24 heavy (non-hydrogen) atoms. The molecule has 0 saturated heterocycles. The van der Waals surface area contributed by atoms with Crippen molar-refractivity contribution in [3.05, 3.63) is 26.7 Å². The summed E-state index contributed by atoms with van der Waals surface area (Å²) in [5.41, 5.74) is 0.318. The zero-order valence-corrected chi connectivity index (χ0v) is 16.3. The molecule has 0 unspecified atom stereocenters. The molecule has 0 aromatic carbocycles. The number of halogens is 1. The smallest absolute Gasteiger partial charge is 0.321 e. The molecule has 0 radical (unpaired) electrons. The third-order valence-electron chi connectivity index (χ3n) is 4.45. The van der Waals surface area contributed by atoms with Crippen LogP contribution >= 0.6 is 12.4 Å². The minimum Gasteiger partial charge on any atom is -0.321 e. The fourth-order valence-electron chi connectivity index (χ4n) is 3.16. The van der Waals surface area contributed by atoms with Crippen LogP contribution in [-0.4, -0.2) is 42.2 Å². The first-order chi connectivity index (χ1) is 10.7. The molecule has 2 heterocycles. The molecule has 2 aromatic rings. The van der Waals surface area contributed by atoms with Gasteiger partial charge in [-0.15, -0.1) is 12.4 Å². The molecule has 0 amide bonds. The van der Waals surface area contributed by atoms with Crippen LogP contribution in [0.5, 0.6) is 0 Å². The van der Waals surface area contributed by atoms with E-state index in [-0.39, 0.29) is 23.7 Å². The third kappa shape index (κ3) is 3.42. The summed E-state index contributed by atoms with van der Waals surface area (Å²) in [6.07, 6.45) is 0. The highest BCUT2D eigenvalue weighted by molar-refractivity contribution is 5.85. The normalized spacial score (nSPS) is 11.8. The number of aromatic nitrogens is 4. The van der Waals surface area contributed by atoms with Crippen molar-refractivity contribution in [1.29, 1.82) is 0 Å². The van der Waals surface area contributed by atoms with E-state index in [4.69, 9.17) is 0 Å². The Bertz CT molecular complexity index is 824. The summed E-state index contributed by atoms with van der Waals surface area (Å²) in [4.78, 5) is 31.4. The highest BCUT2D eigenvalue weighted by Crippen LogP contribution is 2.12. The van der Waals surface area contributed by atoms with Crippen molar-refractivity contribution in [2.24, 2.45) is 14.1 Å². The standard InChI is InChI=1S/C16H27N5O2.ClH/c1-10(2)20(11(3)4)8-9-21-12(5)17-14-13(21)15(22)19(7)16(23)18(14)6;/h10-11H,8-9H2,1-7H3;1H. The molecular formula is C16H28ClN5O2. The number of hydrogen-bond donors (Lipinski definition) is 0. The van der Waals surface area contributed by atoms with E-state index in [0.29, 0.717) is 29.8 Å². The molecule has 0 fully saturated rings. The zero-order chi connectivity index (χ0) is 17.5. The van der Waals surface area contributed by atoms with Crippen LogP contribution in [0.15, 0.2) is 9.59 Å². The van der Waals surface area contributed by atoms with Gasteiger partial charge in [-0.1, -0.05) is 0 Å². The summed E-state index contributed by atoms with van der Waals surface area (Å²) < 4.78 is 4.50. The Morgan fingerprint density at radius 1 is 1.04 bits per heavy atom. The van der Waals surface area contributed by atoms with Gasteiger partial charge in [-0.3, -0.25) is 18.8 Å². The van der Waals surface area contributed by atoms with E-state index in [1.54, 1.807) is 7.05 Å². The molecule has 8 heteroatoms. The Hall–Kier alpha value is -1.60. The Balaban J connectivity index is 0.00000288. The van der Waals surface area contributed by atoms with E-state index in [1.165, 1.54) is 11.6 Å². The lowest BCUT2D eigenvalue weighted by molar-refractivity contribution is 0.168. The lowest BCUT2D eigenvalue weighted by Gasteiger charge is -2.30. The predicted molar refractivity (Wildman–Crippen MR) is 99.2 cm³/mol. The van der Waals surface area contributed by atoms with Crippen molar-refractivity contribution in [1.82, 2.24) is 23.6 Å². The average molecular weight is 358 g/mol. The Kier molecular flexibility index (Phi) is 6.41. The zero-order valence-electron chi connectivity index (χ0n) is 15.5. The molecule has 0 spiro atoms. The molecule has 0 bridgehead atoms. The van der Waals surface area contributed by atoms with Gasteiger partial charge in [-0.2, -0.15) is 0 Å². The number of hydrogen-bond acceptors (Lipinski definition) is 4. The van der Waals surface area contributed by atoms with Gasteiger partial charge in [0.15, 0.2) is 11.2 Å². The second-order valence-electron chi connectivity index (χ2n) is 6.61. The van der Waals surface area contributed by atoms with E-state index in [2.05, 4.69) is 37.6 Å². The summed E-state index contributed by atoms with van der Waals surface area (Å²) in [6, 6.07) is 0.856. The van der Waals surface area contributed by atoms with Gasteiger partial charge in [0.1, 0.15) is 5.82 Å². The SMILES string of the molecule is Cc1nc2c(c(=O)n(C)c(=O)n2C)n1CCN(C(C)C)C(C)C.Cl. The maximum Gasteiger partial charge on any atom is 0.332 e. The molecule has 7 nitrogen and oxygen atoms in total. The summed E-state index contributed by atoms with van der Waals surface area (Å²) in [5.74, 6) is 0.755. The molecule has 136 valence electrons.